The van der Waals surface area contributed by atoms with E-state index in [1.165, 1.54) is 18.4 Å². The number of aryl methyl sites for hydroxylation is 1. The van der Waals surface area contributed by atoms with Crippen LogP contribution in [-0.4, -0.2) is 34.6 Å². The van der Waals surface area contributed by atoms with Gasteiger partial charge in [0.25, 0.3) is 0 Å². The van der Waals surface area contributed by atoms with Gasteiger partial charge in [-0.3, -0.25) is 4.99 Å². The molecule has 1 unspecified atom stereocenters. The number of benzene rings is 1. The van der Waals surface area contributed by atoms with Crippen LogP contribution in [0.15, 0.2) is 29.3 Å². The summed E-state index contributed by atoms with van der Waals surface area (Å²) >= 11 is 0. The molecule has 0 amide bonds. The van der Waals surface area contributed by atoms with Crippen LogP contribution in [-0.2, 0) is 6.42 Å². The smallest absolute Gasteiger partial charge is 0.191 e. The molecular formula is C16H23N3O. The van der Waals surface area contributed by atoms with Gasteiger partial charge >= 0.3 is 0 Å². The summed E-state index contributed by atoms with van der Waals surface area (Å²) in [5.41, 5.74) is 7.36. The molecule has 1 fully saturated rings. The van der Waals surface area contributed by atoms with Crippen molar-refractivity contribution in [1.82, 2.24) is 4.90 Å². The zero-order chi connectivity index (χ0) is 14.2. The molecule has 1 aromatic rings. The Balaban J connectivity index is 1.63. The summed E-state index contributed by atoms with van der Waals surface area (Å²) in [4.78, 5) is 6.77. The van der Waals surface area contributed by atoms with E-state index in [4.69, 9.17) is 5.73 Å². The van der Waals surface area contributed by atoms with Gasteiger partial charge in [0.15, 0.2) is 5.96 Å². The molecule has 1 aliphatic carbocycles. The lowest BCUT2D eigenvalue weighted by molar-refractivity contribution is 0.201. The second-order valence-corrected chi connectivity index (χ2v) is 6.39. The van der Waals surface area contributed by atoms with Crippen molar-refractivity contribution in [2.45, 2.75) is 38.1 Å². The van der Waals surface area contributed by atoms with Gasteiger partial charge in [-0.05, 0) is 56.2 Å². The van der Waals surface area contributed by atoms with Crippen LogP contribution in [0.25, 0.3) is 0 Å². The molecule has 1 aliphatic heterocycles. The number of aromatic hydroxyl groups is 1. The number of nitrogens with two attached hydrogens (primary N) is 1. The Labute approximate surface area is 120 Å². The molecule has 1 atom stereocenters. The first-order valence-corrected chi connectivity index (χ1v) is 7.42. The summed E-state index contributed by atoms with van der Waals surface area (Å²) < 4.78 is 0. The molecule has 3 N–H and O–H groups in total. The molecule has 1 aromatic carbocycles. The largest absolute Gasteiger partial charge is 0.508 e. The van der Waals surface area contributed by atoms with Gasteiger partial charge in [0.2, 0.25) is 0 Å². The van der Waals surface area contributed by atoms with Crippen LogP contribution in [0.1, 0.15) is 31.7 Å². The Bertz CT molecular complexity index is 507. The fourth-order valence-corrected chi connectivity index (χ4v) is 2.86. The minimum atomic E-state index is 0.0462. The Hall–Kier alpha value is -1.71. The number of rotatable bonds is 5. The molecule has 0 aromatic heterocycles. The number of phenols is 1. The summed E-state index contributed by atoms with van der Waals surface area (Å²) in [5.74, 6) is 1.85. The number of guanidine groups is 1. The third-order valence-corrected chi connectivity index (χ3v) is 4.54. The Kier molecular flexibility index (Phi) is 3.32. The predicted octanol–water partition coefficient (Wildman–Crippen LogP) is 2.12. The molecule has 0 bridgehead atoms. The highest BCUT2D eigenvalue weighted by molar-refractivity contribution is 5.81. The highest BCUT2D eigenvalue weighted by Gasteiger charge is 2.40. The molecule has 0 saturated heterocycles. The van der Waals surface area contributed by atoms with E-state index >= 15 is 0 Å². The SMILES string of the molecule is CC1(CCc2ccc(O)cc2)CN=C(N)N1CC1CC1. The van der Waals surface area contributed by atoms with Gasteiger partial charge in [0.1, 0.15) is 5.75 Å². The second kappa shape index (κ2) is 5.00. The number of aliphatic imine (C=N–C) groups is 1. The second-order valence-electron chi connectivity index (χ2n) is 6.39. The molecule has 1 heterocycles. The Morgan fingerprint density at radius 2 is 2.05 bits per heavy atom. The minimum Gasteiger partial charge on any atom is -0.508 e. The first kappa shape index (κ1) is 13.3. The van der Waals surface area contributed by atoms with E-state index in [9.17, 15) is 5.11 Å². The summed E-state index contributed by atoms with van der Waals surface area (Å²) in [7, 11) is 0. The molecule has 4 heteroatoms. The maximum atomic E-state index is 9.33. The van der Waals surface area contributed by atoms with E-state index in [-0.39, 0.29) is 5.54 Å². The number of hydrogen-bond acceptors (Lipinski definition) is 4. The van der Waals surface area contributed by atoms with Gasteiger partial charge in [-0.15, -0.1) is 0 Å². The molecule has 1 saturated carbocycles. The van der Waals surface area contributed by atoms with Crippen LogP contribution >= 0.6 is 0 Å². The van der Waals surface area contributed by atoms with Crippen LogP contribution in [0.3, 0.4) is 0 Å². The first-order chi connectivity index (χ1) is 9.57. The molecule has 2 aliphatic rings. The van der Waals surface area contributed by atoms with Crippen LogP contribution in [0, 0.1) is 5.92 Å². The van der Waals surface area contributed by atoms with E-state index in [0.29, 0.717) is 11.7 Å². The van der Waals surface area contributed by atoms with E-state index in [0.717, 1.165) is 31.8 Å². The van der Waals surface area contributed by atoms with Gasteiger partial charge in [0.05, 0.1) is 12.1 Å². The number of phenolic OH excluding ortho intramolecular Hbond substituents is 1. The van der Waals surface area contributed by atoms with Crippen LogP contribution in [0.5, 0.6) is 5.75 Å². The topological polar surface area (TPSA) is 61.9 Å². The molecule has 108 valence electrons. The van der Waals surface area contributed by atoms with E-state index in [2.05, 4.69) is 16.8 Å². The zero-order valence-electron chi connectivity index (χ0n) is 12.0. The summed E-state index contributed by atoms with van der Waals surface area (Å²) in [6.45, 7) is 4.12. The van der Waals surface area contributed by atoms with Crippen molar-refractivity contribution in [1.29, 1.82) is 0 Å². The highest BCUT2D eigenvalue weighted by atomic mass is 16.3. The monoisotopic (exact) mass is 273 g/mol. The quantitative estimate of drug-likeness (QED) is 0.864. The van der Waals surface area contributed by atoms with Crippen LogP contribution < -0.4 is 5.73 Å². The van der Waals surface area contributed by atoms with Gasteiger partial charge in [-0.2, -0.15) is 0 Å². The Morgan fingerprint density at radius 3 is 2.70 bits per heavy atom. The third-order valence-electron chi connectivity index (χ3n) is 4.54. The van der Waals surface area contributed by atoms with E-state index in [1.807, 2.05) is 12.1 Å². The van der Waals surface area contributed by atoms with Crippen LogP contribution in [0.2, 0.25) is 0 Å². The fraction of sp³-hybridized carbons (Fsp3) is 0.562. The van der Waals surface area contributed by atoms with Gasteiger partial charge < -0.3 is 15.7 Å². The highest BCUT2D eigenvalue weighted by Crippen LogP contribution is 2.35. The predicted molar refractivity (Wildman–Crippen MR) is 80.8 cm³/mol. The average molecular weight is 273 g/mol. The van der Waals surface area contributed by atoms with Gasteiger partial charge in [0, 0.05) is 6.54 Å². The molecule has 3 rings (SSSR count). The lowest BCUT2D eigenvalue weighted by Gasteiger charge is -2.36. The molecule has 20 heavy (non-hydrogen) atoms. The zero-order valence-corrected chi connectivity index (χ0v) is 12.0. The van der Waals surface area contributed by atoms with Crippen LogP contribution in [0.4, 0.5) is 0 Å². The van der Waals surface area contributed by atoms with Crippen molar-refractivity contribution < 1.29 is 5.11 Å². The fourth-order valence-electron chi connectivity index (χ4n) is 2.86. The van der Waals surface area contributed by atoms with E-state index < -0.39 is 0 Å². The lowest BCUT2D eigenvalue weighted by atomic mass is 9.92. The number of nitrogens with zero attached hydrogens (tertiary/aromatic N) is 2. The maximum Gasteiger partial charge on any atom is 0.191 e. The average Bonchev–Trinajstić information content (AvgIpc) is 3.21. The maximum absolute atomic E-state index is 9.33. The normalized spacial score (nSPS) is 25.9. The first-order valence-electron chi connectivity index (χ1n) is 7.42. The summed E-state index contributed by atoms with van der Waals surface area (Å²) in [5, 5.41) is 9.33. The Morgan fingerprint density at radius 1 is 1.35 bits per heavy atom. The molecule has 4 nitrogen and oxygen atoms in total. The standard InChI is InChI=1S/C16H23N3O/c1-16(9-8-12-4-6-14(20)7-5-12)11-18-15(17)19(16)10-13-2-3-13/h4-7,13,20H,2-3,8-11H2,1H3,(H2,17,18). The van der Waals surface area contributed by atoms with E-state index in [1.54, 1.807) is 12.1 Å². The third kappa shape index (κ3) is 2.74. The number of hydrogen-bond donors (Lipinski definition) is 2. The van der Waals surface area contributed by atoms with Crippen molar-refractivity contribution in [3.63, 3.8) is 0 Å². The molecule has 0 radical (unpaired) electrons. The summed E-state index contributed by atoms with van der Waals surface area (Å²) in [6, 6.07) is 7.48. The van der Waals surface area contributed by atoms with Crippen molar-refractivity contribution in [3.05, 3.63) is 29.8 Å². The lowest BCUT2D eigenvalue weighted by Crippen LogP contribution is -2.50. The minimum absolute atomic E-state index is 0.0462. The van der Waals surface area contributed by atoms with Gasteiger partial charge in [-0.1, -0.05) is 12.1 Å². The molecule has 0 spiro atoms. The van der Waals surface area contributed by atoms with Crippen molar-refractivity contribution >= 4 is 5.96 Å². The van der Waals surface area contributed by atoms with Crippen molar-refractivity contribution in [2.75, 3.05) is 13.1 Å². The molecular weight excluding hydrogens is 250 g/mol. The van der Waals surface area contributed by atoms with Crippen molar-refractivity contribution in [2.24, 2.45) is 16.6 Å². The van der Waals surface area contributed by atoms with Crippen molar-refractivity contribution in [3.8, 4) is 5.75 Å². The van der Waals surface area contributed by atoms with Gasteiger partial charge in [-0.25, -0.2) is 0 Å². The summed E-state index contributed by atoms with van der Waals surface area (Å²) in [6.07, 6.45) is 4.69.